The van der Waals surface area contributed by atoms with Crippen LogP contribution >= 0.6 is 11.6 Å². The van der Waals surface area contributed by atoms with E-state index in [-0.39, 0.29) is 16.6 Å². The molecule has 1 aliphatic rings. The molecule has 0 bridgehead atoms. The molecule has 1 aliphatic carbocycles. The standard InChI is InChI=1S/C11H9ClF3NO/c12-8-3-1-2-7(11(13,14)15)9(8)16-10(17)6-4-5-6/h1-3,6H,4-5H2,(H,16,17). The molecule has 0 aromatic heterocycles. The molecule has 0 spiro atoms. The third-order valence-electron chi connectivity index (χ3n) is 2.52. The Morgan fingerprint density at radius 1 is 1.35 bits per heavy atom. The SMILES string of the molecule is O=C(Nc1c(Cl)cccc1C(F)(F)F)C1CC1. The van der Waals surface area contributed by atoms with E-state index < -0.39 is 17.6 Å². The third kappa shape index (κ3) is 2.72. The Hall–Kier alpha value is -1.23. The van der Waals surface area contributed by atoms with E-state index in [2.05, 4.69) is 5.32 Å². The first-order chi connectivity index (χ1) is 7.89. The largest absolute Gasteiger partial charge is 0.418 e. The predicted octanol–water partition coefficient (Wildman–Crippen LogP) is 3.71. The number of carbonyl (C=O) groups is 1. The highest BCUT2D eigenvalue weighted by Crippen LogP contribution is 2.39. The van der Waals surface area contributed by atoms with Gasteiger partial charge < -0.3 is 5.32 Å². The molecule has 6 heteroatoms. The van der Waals surface area contributed by atoms with Crippen LogP contribution in [0.25, 0.3) is 0 Å². The molecule has 17 heavy (non-hydrogen) atoms. The number of para-hydroxylation sites is 1. The van der Waals surface area contributed by atoms with Crippen molar-refractivity contribution >= 4 is 23.2 Å². The molecule has 1 aromatic rings. The van der Waals surface area contributed by atoms with Crippen LogP contribution in [0.1, 0.15) is 18.4 Å². The summed E-state index contributed by atoms with van der Waals surface area (Å²) in [7, 11) is 0. The van der Waals surface area contributed by atoms with Crippen molar-refractivity contribution in [3.05, 3.63) is 28.8 Å². The molecule has 1 N–H and O–H groups in total. The van der Waals surface area contributed by atoms with Crippen LogP contribution in [0.2, 0.25) is 5.02 Å². The molecule has 1 aromatic carbocycles. The van der Waals surface area contributed by atoms with Crippen molar-refractivity contribution in [1.29, 1.82) is 0 Å². The number of carbonyl (C=O) groups excluding carboxylic acids is 1. The molecule has 1 amide bonds. The number of nitrogens with one attached hydrogen (secondary N) is 1. The number of hydrogen-bond donors (Lipinski definition) is 1. The predicted molar refractivity (Wildman–Crippen MR) is 57.8 cm³/mol. The van der Waals surface area contributed by atoms with Crippen molar-refractivity contribution in [1.82, 2.24) is 0 Å². The minimum atomic E-state index is -4.53. The summed E-state index contributed by atoms with van der Waals surface area (Å²) in [5.74, 6) is -0.573. The van der Waals surface area contributed by atoms with Crippen LogP contribution in [-0.2, 0) is 11.0 Å². The van der Waals surface area contributed by atoms with Crippen LogP contribution in [0, 0.1) is 5.92 Å². The Labute approximate surface area is 101 Å². The fraction of sp³-hybridized carbons (Fsp3) is 0.364. The van der Waals surface area contributed by atoms with Gasteiger partial charge in [0.2, 0.25) is 5.91 Å². The highest BCUT2D eigenvalue weighted by atomic mass is 35.5. The van der Waals surface area contributed by atoms with Gasteiger partial charge in [0.05, 0.1) is 16.3 Å². The fourth-order valence-corrected chi connectivity index (χ4v) is 1.68. The van der Waals surface area contributed by atoms with Crippen LogP contribution in [0.15, 0.2) is 18.2 Å². The maximum absolute atomic E-state index is 12.7. The van der Waals surface area contributed by atoms with Gasteiger partial charge in [0.15, 0.2) is 0 Å². The number of halogens is 4. The van der Waals surface area contributed by atoms with Crippen molar-refractivity contribution in [2.24, 2.45) is 5.92 Å². The minimum Gasteiger partial charge on any atom is -0.324 e. The van der Waals surface area contributed by atoms with E-state index in [1.807, 2.05) is 0 Å². The molecule has 0 radical (unpaired) electrons. The van der Waals surface area contributed by atoms with Gasteiger partial charge in [-0.3, -0.25) is 4.79 Å². The highest BCUT2D eigenvalue weighted by molar-refractivity contribution is 6.34. The molecule has 0 aliphatic heterocycles. The molecule has 0 unspecified atom stereocenters. The van der Waals surface area contributed by atoms with Crippen LogP contribution in [0.3, 0.4) is 0 Å². The maximum Gasteiger partial charge on any atom is 0.418 e. The number of rotatable bonds is 2. The van der Waals surface area contributed by atoms with Crippen molar-refractivity contribution in [3.63, 3.8) is 0 Å². The topological polar surface area (TPSA) is 29.1 Å². The van der Waals surface area contributed by atoms with Crippen LogP contribution in [0.5, 0.6) is 0 Å². The molecule has 2 rings (SSSR count). The summed E-state index contributed by atoms with van der Waals surface area (Å²) in [6, 6.07) is 3.42. The van der Waals surface area contributed by atoms with Gasteiger partial charge >= 0.3 is 6.18 Å². The molecule has 0 heterocycles. The van der Waals surface area contributed by atoms with Gasteiger partial charge in [0, 0.05) is 5.92 Å². The number of alkyl halides is 3. The van der Waals surface area contributed by atoms with Crippen molar-refractivity contribution in [2.45, 2.75) is 19.0 Å². The Balaban J connectivity index is 2.33. The summed E-state index contributed by atoms with van der Waals surface area (Å²) in [5.41, 5.74) is -1.27. The van der Waals surface area contributed by atoms with Crippen LogP contribution in [-0.4, -0.2) is 5.91 Å². The lowest BCUT2D eigenvalue weighted by Crippen LogP contribution is -2.18. The average molecular weight is 264 g/mol. The first kappa shape index (κ1) is 12.2. The maximum atomic E-state index is 12.7. The molecule has 1 fully saturated rings. The molecule has 0 saturated heterocycles. The van der Waals surface area contributed by atoms with E-state index in [0.29, 0.717) is 0 Å². The number of hydrogen-bond acceptors (Lipinski definition) is 1. The van der Waals surface area contributed by atoms with Crippen molar-refractivity contribution in [2.75, 3.05) is 5.32 Å². The van der Waals surface area contributed by atoms with Gasteiger partial charge in [-0.2, -0.15) is 13.2 Å². The quantitative estimate of drug-likeness (QED) is 0.866. The van der Waals surface area contributed by atoms with E-state index in [9.17, 15) is 18.0 Å². The van der Waals surface area contributed by atoms with Crippen LogP contribution < -0.4 is 5.32 Å². The number of amides is 1. The lowest BCUT2D eigenvalue weighted by Gasteiger charge is -2.14. The highest BCUT2D eigenvalue weighted by Gasteiger charge is 2.36. The Morgan fingerprint density at radius 2 is 2.00 bits per heavy atom. The second kappa shape index (κ2) is 4.22. The minimum absolute atomic E-state index is 0.103. The zero-order valence-corrected chi connectivity index (χ0v) is 9.40. The summed E-state index contributed by atoms with van der Waals surface area (Å²) in [4.78, 5) is 11.5. The molecular weight excluding hydrogens is 255 g/mol. The molecule has 0 atom stereocenters. The van der Waals surface area contributed by atoms with Crippen molar-refractivity contribution in [3.8, 4) is 0 Å². The molecule has 1 saturated carbocycles. The Morgan fingerprint density at radius 3 is 2.53 bits per heavy atom. The van der Waals surface area contributed by atoms with Gasteiger partial charge in [-0.25, -0.2) is 0 Å². The molecule has 92 valence electrons. The third-order valence-corrected chi connectivity index (χ3v) is 2.83. The molecule has 2 nitrogen and oxygen atoms in total. The number of anilines is 1. The lowest BCUT2D eigenvalue weighted by molar-refractivity contribution is -0.137. The monoisotopic (exact) mass is 263 g/mol. The average Bonchev–Trinajstić information content (AvgIpc) is 3.02. The fourth-order valence-electron chi connectivity index (χ4n) is 1.46. The van der Waals surface area contributed by atoms with E-state index in [1.165, 1.54) is 12.1 Å². The van der Waals surface area contributed by atoms with Gasteiger partial charge in [-0.15, -0.1) is 0 Å². The zero-order valence-electron chi connectivity index (χ0n) is 8.64. The van der Waals surface area contributed by atoms with E-state index in [4.69, 9.17) is 11.6 Å². The summed E-state index contributed by atoms with van der Waals surface area (Å²) < 4.78 is 38.1. The first-order valence-electron chi connectivity index (χ1n) is 5.06. The normalized spacial score (nSPS) is 15.8. The number of benzene rings is 1. The Kier molecular flexibility index (Phi) is 3.03. The summed E-state index contributed by atoms with van der Waals surface area (Å²) >= 11 is 5.69. The van der Waals surface area contributed by atoms with Crippen LogP contribution in [0.4, 0.5) is 18.9 Å². The summed E-state index contributed by atoms with van der Waals surface area (Å²) in [6.45, 7) is 0. The van der Waals surface area contributed by atoms with Gasteiger partial charge in [-0.05, 0) is 25.0 Å². The zero-order chi connectivity index (χ0) is 12.6. The second-order valence-corrected chi connectivity index (χ2v) is 4.33. The smallest absolute Gasteiger partial charge is 0.324 e. The van der Waals surface area contributed by atoms with Crippen molar-refractivity contribution < 1.29 is 18.0 Å². The summed E-state index contributed by atoms with van der Waals surface area (Å²) in [6.07, 6.45) is -3.09. The van der Waals surface area contributed by atoms with Gasteiger partial charge in [0.25, 0.3) is 0 Å². The Bertz CT molecular complexity index is 455. The van der Waals surface area contributed by atoms with Gasteiger partial charge in [-0.1, -0.05) is 17.7 Å². The van der Waals surface area contributed by atoms with E-state index >= 15 is 0 Å². The van der Waals surface area contributed by atoms with E-state index in [1.54, 1.807) is 0 Å². The molecular formula is C11H9ClF3NO. The van der Waals surface area contributed by atoms with E-state index in [0.717, 1.165) is 18.9 Å². The first-order valence-corrected chi connectivity index (χ1v) is 5.44. The second-order valence-electron chi connectivity index (χ2n) is 3.92. The lowest BCUT2D eigenvalue weighted by atomic mass is 10.1. The summed E-state index contributed by atoms with van der Waals surface area (Å²) in [5, 5.41) is 2.15. The van der Waals surface area contributed by atoms with Gasteiger partial charge in [0.1, 0.15) is 0 Å².